The molecule has 0 aliphatic rings. The van der Waals surface area contributed by atoms with Crippen LogP contribution in [0.5, 0.6) is 0 Å². The molecule has 0 fully saturated rings. The Morgan fingerprint density at radius 3 is 0.711 bits per heavy atom. The van der Waals surface area contributed by atoms with Gasteiger partial charge in [-0.05, 0) is 25.7 Å². The topological polar surface area (TPSA) is 237 Å². The van der Waals surface area contributed by atoms with Crippen LogP contribution in [0.25, 0.3) is 0 Å². The molecule has 492 valence electrons. The van der Waals surface area contributed by atoms with Crippen LogP contribution in [-0.2, 0) is 65.4 Å². The van der Waals surface area contributed by atoms with Crippen molar-refractivity contribution in [2.75, 3.05) is 39.6 Å². The van der Waals surface area contributed by atoms with E-state index in [1.165, 1.54) is 154 Å². The van der Waals surface area contributed by atoms with E-state index in [9.17, 15) is 43.2 Å². The van der Waals surface area contributed by atoms with Gasteiger partial charge >= 0.3 is 39.5 Å². The Labute approximate surface area is 505 Å². The van der Waals surface area contributed by atoms with Gasteiger partial charge in [-0.25, -0.2) is 9.13 Å². The fourth-order valence-electron chi connectivity index (χ4n) is 9.63. The molecule has 0 aromatic rings. The van der Waals surface area contributed by atoms with Crippen molar-refractivity contribution in [1.29, 1.82) is 0 Å². The summed E-state index contributed by atoms with van der Waals surface area (Å²) in [6.07, 6.45) is 44.7. The van der Waals surface area contributed by atoms with Gasteiger partial charge in [-0.3, -0.25) is 37.3 Å². The van der Waals surface area contributed by atoms with E-state index in [0.29, 0.717) is 25.7 Å². The fourth-order valence-corrected chi connectivity index (χ4v) is 11.2. The number of phosphoric ester groups is 2. The first-order valence-corrected chi connectivity index (χ1v) is 36.8. The molecule has 19 heteroatoms. The summed E-state index contributed by atoms with van der Waals surface area (Å²) in [6.45, 7) is 4.81. The third-order valence-electron chi connectivity index (χ3n) is 14.9. The number of aliphatic hydroxyl groups excluding tert-OH is 1. The van der Waals surface area contributed by atoms with E-state index < -0.39 is 97.5 Å². The lowest BCUT2D eigenvalue weighted by Gasteiger charge is -2.21. The Morgan fingerprint density at radius 2 is 0.482 bits per heavy atom. The quantitative estimate of drug-likeness (QED) is 0.0222. The number of unbranched alkanes of at least 4 members (excludes halogenated alkanes) is 39. The van der Waals surface area contributed by atoms with E-state index in [1.54, 1.807) is 0 Å². The number of carbonyl (C=O) groups is 4. The third kappa shape index (κ3) is 58.8. The maximum atomic E-state index is 13.0. The highest BCUT2D eigenvalue weighted by atomic mass is 31.2. The lowest BCUT2D eigenvalue weighted by molar-refractivity contribution is -0.161. The number of esters is 4. The normalized spacial score (nSPS) is 14.2. The maximum Gasteiger partial charge on any atom is 0.472 e. The molecular formula is C64H124O17P2. The van der Waals surface area contributed by atoms with Crippen LogP contribution in [0.15, 0.2) is 0 Å². The van der Waals surface area contributed by atoms with E-state index in [-0.39, 0.29) is 25.7 Å². The van der Waals surface area contributed by atoms with Gasteiger partial charge in [0.2, 0.25) is 0 Å². The fraction of sp³-hybridized carbons (Fsp3) is 0.938. The van der Waals surface area contributed by atoms with Crippen molar-refractivity contribution in [2.45, 2.75) is 348 Å². The van der Waals surface area contributed by atoms with Gasteiger partial charge in [0.15, 0.2) is 12.2 Å². The average Bonchev–Trinajstić information content (AvgIpc) is 3.46. The number of hydrogen-bond donors (Lipinski definition) is 3. The zero-order valence-electron chi connectivity index (χ0n) is 53.2. The molecule has 0 amide bonds. The van der Waals surface area contributed by atoms with Crippen molar-refractivity contribution in [1.82, 2.24) is 0 Å². The smallest absolute Gasteiger partial charge is 0.462 e. The van der Waals surface area contributed by atoms with Crippen LogP contribution >= 0.6 is 15.6 Å². The lowest BCUT2D eigenvalue weighted by Crippen LogP contribution is -2.30. The molecule has 0 radical (unpaired) electrons. The molecular weight excluding hydrogens is 1100 g/mol. The predicted molar refractivity (Wildman–Crippen MR) is 331 cm³/mol. The Bertz CT molecular complexity index is 1600. The molecule has 3 N–H and O–H groups in total. The van der Waals surface area contributed by atoms with Gasteiger partial charge in [-0.2, -0.15) is 0 Å². The van der Waals surface area contributed by atoms with Gasteiger partial charge in [0.05, 0.1) is 26.4 Å². The SMILES string of the molecule is CCCCCCCCCCCCCCCCCC(=O)O[C@H](COC(=O)CCCCCCCCCCCCCC)COP(=O)(O)OC[C@@H](O)COP(=O)(O)OC[C@@H](COC(=O)CCCCCCC)OC(=O)CCCCCCCCCCCCC. The molecule has 0 aliphatic heterocycles. The molecule has 0 saturated heterocycles. The summed E-state index contributed by atoms with van der Waals surface area (Å²) < 4.78 is 67.8. The summed E-state index contributed by atoms with van der Waals surface area (Å²) in [4.78, 5) is 72.0. The maximum absolute atomic E-state index is 13.0. The van der Waals surface area contributed by atoms with Crippen molar-refractivity contribution < 1.29 is 80.2 Å². The number of ether oxygens (including phenoxy) is 4. The minimum absolute atomic E-state index is 0.106. The van der Waals surface area contributed by atoms with Crippen LogP contribution in [0.4, 0.5) is 0 Å². The number of aliphatic hydroxyl groups is 1. The minimum atomic E-state index is -4.94. The number of carbonyl (C=O) groups excluding carboxylic acids is 4. The Balaban J connectivity index is 5.17. The lowest BCUT2D eigenvalue weighted by atomic mass is 10.0. The average molecular weight is 1230 g/mol. The minimum Gasteiger partial charge on any atom is -0.462 e. The van der Waals surface area contributed by atoms with E-state index in [4.69, 9.17) is 37.0 Å². The van der Waals surface area contributed by atoms with Crippen molar-refractivity contribution in [3.8, 4) is 0 Å². The standard InChI is InChI=1S/C64H124O17P2/c1-5-9-13-17-20-23-26-28-29-30-33-36-39-43-47-51-64(69)81-60(55-75-62(67)49-45-41-37-34-32-27-24-21-18-14-10-6-2)57-79-83(72,73)77-53-58(65)52-76-82(70,71)78-56-59(54-74-61(66)48-44-40-16-12-8-4)80-63(68)50-46-42-38-35-31-25-22-19-15-11-7-3/h58-60,65H,5-57H2,1-4H3,(H,70,71)(H,72,73)/t58-,59+,60+/m0/s1. The van der Waals surface area contributed by atoms with Crippen molar-refractivity contribution in [3.63, 3.8) is 0 Å². The summed E-state index contributed by atoms with van der Waals surface area (Å²) in [7, 11) is -9.88. The number of phosphoric acid groups is 2. The zero-order valence-corrected chi connectivity index (χ0v) is 54.9. The first-order valence-electron chi connectivity index (χ1n) is 33.8. The molecule has 0 aliphatic carbocycles. The van der Waals surface area contributed by atoms with Gasteiger partial charge in [0.25, 0.3) is 0 Å². The Hall–Kier alpha value is -1.94. The van der Waals surface area contributed by atoms with Crippen molar-refractivity contribution in [3.05, 3.63) is 0 Å². The molecule has 0 aromatic heterocycles. The van der Waals surface area contributed by atoms with E-state index >= 15 is 0 Å². The highest BCUT2D eigenvalue weighted by Gasteiger charge is 2.30. The zero-order chi connectivity index (χ0) is 61.2. The molecule has 83 heavy (non-hydrogen) atoms. The Kier molecular flexibility index (Phi) is 57.7. The summed E-state index contributed by atoms with van der Waals surface area (Å²) >= 11 is 0. The highest BCUT2D eigenvalue weighted by Crippen LogP contribution is 2.45. The van der Waals surface area contributed by atoms with Gasteiger partial charge in [0.1, 0.15) is 19.3 Å². The van der Waals surface area contributed by atoms with Crippen LogP contribution < -0.4 is 0 Å². The molecule has 0 bridgehead atoms. The van der Waals surface area contributed by atoms with Gasteiger partial charge in [-0.15, -0.1) is 0 Å². The molecule has 0 heterocycles. The molecule has 2 unspecified atom stereocenters. The highest BCUT2D eigenvalue weighted by molar-refractivity contribution is 7.47. The Morgan fingerprint density at radius 1 is 0.289 bits per heavy atom. The summed E-state index contributed by atoms with van der Waals surface area (Å²) in [5.74, 6) is -2.14. The third-order valence-corrected chi connectivity index (χ3v) is 16.8. The first-order chi connectivity index (χ1) is 40.2. The van der Waals surface area contributed by atoms with Gasteiger partial charge < -0.3 is 33.8 Å². The molecule has 0 rings (SSSR count). The van der Waals surface area contributed by atoms with Crippen LogP contribution in [-0.4, -0.2) is 96.7 Å². The number of rotatable bonds is 65. The van der Waals surface area contributed by atoms with Crippen molar-refractivity contribution in [2.24, 2.45) is 0 Å². The van der Waals surface area contributed by atoms with Gasteiger partial charge in [0, 0.05) is 25.7 Å². The van der Waals surface area contributed by atoms with E-state index in [0.717, 1.165) is 96.3 Å². The van der Waals surface area contributed by atoms with Crippen LogP contribution in [0, 0.1) is 0 Å². The second-order valence-electron chi connectivity index (χ2n) is 23.2. The van der Waals surface area contributed by atoms with E-state index in [1.807, 2.05) is 0 Å². The second-order valence-corrected chi connectivity index (χ2v) is 26.1. The van der Waals surface area contributed by atoms with Crippen LogP contribution in [0.2, 0.25) is 0 Å². The summed E-state index contributed by atoms with van der Waals surface area (Å²) in [5, 5.41) is 10.5. The summed E-state index contributed by atoms with van der Waals surface area (Å²) in [6, 6.07) is 0. The van der Waals surface area contributed by atoms with Crippen molar-refractivity contribution >= 4 is 39.5 Å². The molecule has 0 aromatic carbocycles. The summed E-state index contributed by atoms with van der Waals surface area (Å²) in [5.41, 5.74) is 0. The molecule has 0 spiro atoms. The second kappa shape index (κ2) is 59.0. The van der Waals surface area contributed by atoms with Crippen LogP contribution in [0.1, 0.15) is 329 Å². The monoisotopic (exact) mass is 1230 g/mol. The predicted octanol–water partition coefficient (Wildman–Crippen LogP) is 17.9. The van der Waals surface area contributed by atoms with E-state index in [2.05, 4.69) is 27.7 Å². The van der Waals surface area contributed by atoms with Gasteiger partial charge in [-0.1, -0.05) is 278 Å². The number of hydrogen-bond acceptors (Lipinski definition) is 15. The molecule has 17 nitrogen and oxygen atoms in total. The molecule has 5 atom stereocenters. The molecule has 0 saturated carbocycles. The first kappa shape index (κ1) is 81.1. The van der Waals surface area contributed by atoms with Crippen LogP contribution in [0.3, 0.4) is 0 Å². The largest absolute Gasteiger partial charge is 0.472 e.